The lowest BCUT2D eigenvalue weighted by atomic mass is 10.3. The summed E-state index contributed by atoms with van der Waals surface area (Å²) in [5.74, 6) is -0.147. The van der Waals surface area contributed by atoms with Crippen molar-refractivity contribution in [1.29, 1.82) is 0 Å². The summed E-state index contributed by atoms with van der Waals surface area (Å²) in [4.78, 5) is 0.107. The fourth-order valence-corrected chi connectivity index (χ4v) is 3.18. The van der Waals surface area contributed by atoms with Gasteiger partial charge in [-0.25, -0.2) is 8.42 Å². The molecule has 1 fully saturated rings. The first-order valence-corrected chi connectivity index (χ1v) is 6.97. The summed E-state index contributed by atoms with van der Waals surface area (Å²) in [6.45, 7) is 0.403. The van der Waals surface area contributed by atoms with Crippen LogP contribution in [-0.4, -0.2) is 59.3 Å². The Balaban J connectivity index is 2.21. The Labute approximate surface area is 110 Å². The maximum atomic E-state index is 12.3. The van der Waals surface area contributed by atoms with E-state index in [0.29, 0.717) is 0 Å². The maximum Gasteiger partial charge on any atom is 0.246 e. The summed E-state index contributed by atoms with van der Waals surface area (Å²) in [7, 11) is -2.00. The number of hydrogen-bond donors (Lipinski definition) is 2. The van der Waals surface area contributed by atoms with Gasteiger partial charge in [0.2, 0.25) is 10.0 Å². The van der Waals surface area contributed by atoms with Gasteiger partial charge in [-0.05, 0) is 0 Å². The molecule has 2 heterocycles. The van der Waals surface area contributed by atoms with Gasteiger partial charge in [0, 0.05) is 26.3 Å². The van der Waals surface area contributed by atoms with Crippen LogP contribution in [0.25, 0.3) is 0 Å². The van der Waals surface area contributed by atoms with Gasteiger partial charge >= 0.3 is 0 Å². The molecule has 1 aromatic rings. The van der Waals surface area contributed by atoms with Crippen molar-refractivity contribution in [3.05, 3.63) is 12.4 Å². The van der Waals surface area contributed by atoms with Crippen molar-refractivity contribution in [2.24, 2.45) is 17.9 Å². The monoisotopic (exact) mass is 289 g/mol. The van der Waals surface area contributed by atoms with Crippen molar-refractivity contribution in [3.8, 4) is 0 Å². The summed E-state index contributed by atoms with van der Waals surface area (Å²) >= 11 is 0. The van der Waals surface area contributed by atoms with Crippen molar-refractivity contribution >= 4 is 15.9 Å². The van der Waals surface area contributed by atoms with E-state index in [0.717, 1.165) is 0 Å². The molecule has 0 saturated carbocycles. The number of aryl methyl sites for hydroxylation is 1. The van der Waals surface area contributed by atoms with Crippen LogP contribution in [0.2, 0.25) is 0 Å². The van der Waals surface area contributed by atoms with Gasteiger partial charge in [-0.2, -0.15) is 9.40 Å². The van der Waals surface area contributed by atoms with Crippen molar-refractivity contribution in [1.82, 2.24) is 14.1 Å². The lowest BCUT2D eigenvalue weighted by molar-refractivity contribution is 0.0355. The van der Waals surface area contributed by atoms with Gasteiger partial charge in [0.1, 0.15) is 11.0 Å². The van der Waals surface area contributed by atoms with Crippen LogP contribution in [0.3, 0.4) is 0 Å². The van der Waals surface area contributed by atoms with Crippen LogP contribution in [0, 0.1) is 0 Å². The summed E-state index contributed by atoms with van der Waals surface area (Å²) in [6.07, 6.45) is 1.96. The highest BCUT2D eigenvalue weighted by Crippen LogP contribution is 2.18. The van der Waals surface area contributed by atoms with E-state index in [1.54, 1.807) is 7.05 Å². The second-order valence-corrected chi connectivity index (χ2v) is 6.03. The van der Waals surface area contributed by atoms with Crippen molar-refractivity contribution in [2.45, 2.75) is 11.0 Å². The van der Waals surface area contributed by atoms with Crippen molar-refractivity contribution in [3.63, 3.8) is 0 Å². The molecule has 1 aromatic heterocycles. The molecule has 0 radical (unpaired) electrons. The summed E-state index contributed by atoms with van der Waals surface area (Å²) < 4.78 is 32.6. The Kier molecular flexibility index (Phi) is 3.73. The number of oxime groups is 1. The van der Waals surface area contributed by atoms with Crippen LogP contribution in [0.15, 0.2) is 22.4 Å². The minimum Gasteiger partial charge on any atom is -0.409 e. The van der Waals surface area contributed by atoms with Crippen LogP contribution in [0.5, 0.6) is 0 Å². The molecule has 1 saturated heterocycles. The zero-order valence-corrected chi connectivity index (χ0v) is 11.1. The Morgan fingerprint density at radius 3 is 3.00 bits per heavy atom. The predicted octanol–water partition coefficient (Wildman–Crippen LogP) is -1.44. The number of hydrogen-bond acceptors (Lipinski definition) is 6. The molecular weight excluding hydrogens is 274 g/mol. The van der Waals surface area contributed by atoms with E-state index in [4.69, 9.17) is 15.7 Å². The molecule has 1 atom stereocenters. The van der Waals surface area contributed by atoms with Gasteiger partial charge in [-0.1, -0.05) is 5.16 Å². The Morgan fingerprint density at radius 1 is 1.68 bits per heavy atom. The lowest BCUT2D eigenvalue weighted by Crippen LogP contribution is -2.50. The highest BCUT2D eigenvalue weighted by molar-refractivity contribution is 7.89. The van der Waals surface area contributed by atoms with Crippen LogP contribution in [-0.2, 0) is 21.8 Å². The van der Waals surface area contributed by atoms with E-state index in [1.807, 2.05) is 0 Å². The molecule has 0 aliphatic carbocycles. The van der Waals surface area contributed by atoms with Crippen LogP contribution >= 0.6 is 0 Å². The van der Waals surface area contributed by atoms with Crippen molar-refractivity contribution in [2.75, 3.05) is 19.7 Å². The Bertz CT molecular complexity index is 581. The van der Waals surface area contributed by atoms with Crippen LogP contribution in [0.1, 0.15) is 0 Å². The molecule has 2 rings (SSSR count). The molecular formula is C9H15N5O4S. The second-order valence-electron chi connectivity index (χ2n) is 4.10. The predicted molar refractivity (Wildman–Crippen MR) is 65.1 cm³/mol. The SMILES string of the molecule is Cn1cc(S(=O)(=O)N2CCOC(C(N)=NO)C2)cn1. The number of ether oxygens (including phenoxy) is 1. The third-order valence-electron chi connectivity index (χ3n) is 2.79. The number of amidine groups is 1. The zero-order valence-electron chi connectivity index (χ0n) is 10.3. The molecule has 106 valence electrons. The highest BCUT2D eigenvalue weighted by atomic mass is 32.2. The van der Waals surface area contributed by atoms with Gasteiger partial charge < -0.3 is 15.7 Å². The van der Waals surface area contributed by atoms with Crippen molar-refractivity contribution < 1.29 is 18.4 Å². The molecule has 10 heteroatoms. The highest BCUT2D eigenvalue weighted by Gasteiger charge is 2.33. The van der Waals surface area contributed by atoms with Gasteiger partial charge in [0.05, 0.1) is 12.8 Å². The number of nitrogens with zero attached hydrogens (tertiary/aromatic N) is 4. The molecule has 0 aromatic carbocycles. The summed E-state index contributed by atoms with van der Waals surface area (Å²) in [6, 6.07) is 0. The molecule has 1 aliphatic rings. The quantitative estimate of drug-likeness (QED) is 0.304. The third kappa shape index (κ3) is 2.69. The molecule has 0 spiro atoms. The molecule has 1 unspecified atom stereocenters. The average Bonchev–Trinajstić information content (AvgIpc) is 2.85. The first-order chi connectivity index (χ1) is 8.95. The number of nitrogens with two attached hydrogens (primary N) is 1. The van der Waals surface area contributed by atoms with E-state index in [2.05, 4.69) is 10.3 Å². The standard InChI is InChI=1S/C9H15N5O4S/c1-13-5-7(4-11-13)19(16,17)14-2-3-18-8(6-14)9(10)12-15/h4-5,8,15H,2-3,6H2,1H3,(H2,10,12). The first kappa shape index (κ1) is 13.8. The summed E-state index contributed by atoms with van der Waals surface area (Å²) in [5.41, 5.74) is 5.43. The van der Waals surface area contributed by atoms with Crippen LogP contribution in [0.4, 0.5) is 0 Å². The Morgan fingerprint density at radius 2 is 2.42 bits per heavy atom. The molecule has 0 bridgehead atoms. The average molecular weight is 289 g/mol. The summed E-state index contributed by atoms with van der Waals surface area (Å²) in [5, 5.41) is 15.3. The van der Waals surface area contributed by atoms with E-state index >= 15 is 0 Å². The second kappa shape index (κ2) is 5.15. The molecule has 9 nitrogen and oxygen atoms in total. The molecule has 0 amide bonds. The number of morpholine rings is 1. The first-order valence-electron chi connectivity index (χ1n) is 5.53. The molecule has 1 aliphatic heterocycles. The van der Waals surface area contributed by atoms with Gasteiger partial charge in [0.15, 0.2) is 5.84 Å². The number of sulfonamides is 1. The molecule has 3 N–H and O–H groups in total. The third-order valence-corrected chi connectivity index (χ3v) is 4.61. The van der Waals surface area contributed by atoms with Gasteiger partial charge in [-0.3, -0.25) is 4.68 Å². The van der Waals surface area contributed by atoms with Crippen LogP contribution < -0.4 is 5.73 Å². The van der Waals surface area contributed by atoms with E-state index < -0.39 is 16.1 Å². The fourth-order valence-electron chi connectivity index (χ4n) is 1.77. The lowest BCUT2D eigenvalue weighted by Gasteiger charge is -2.30. The number of rotatable bonds is 3. The maximum absolute atomic E-state index is 12.3. The van der Waals surface area contributed by atoms with Gasteiger partial charge in [-0.15, -0.1) is 0 Å². The fraction of sp³-hybridized carbons (Fsp3) is 0.556. The Hall–Kier alpha value is -1.65. The largest absolute Gasteiger partial charge is 0.409 e. The van der Waals surface area contributed by atoms with E-state index in [-0.39, 0.29) is 30.4 Å². The normalized spacial score (nSPS) is 22.6. The minimum absolute atomic E-state index is 0.00706. The van der Waals surface area contributed by atoms with E-state index in [1.165, 1.54) is 21.4 Å². The smallest absolute Gasteiger partial charge is 0.246 e. The zero-order chi connectivity index (χ0) is 14.0. The topological polar surface area (TPSA) is 123 Å². The minimum atomic E-state index is -3.64. The van der Waals surface area contributed by atoms with Gasteiger partial charge in [0.25, 0.3) is 0 Å². The van der Waals surface area contributed by atoms with E-state index in [9.17, 15) is 8.42 Å². The number of aromatic nitrogens is 2. The molecule has 19 heavy (non-hydrogen) atoms.